The lowest BCUT2D eigenvalue weighted by atomic mass is 10.0. The van der Waals surface area contributed by atoms with E-state index in [2.05, 4.69) is 6.92 Å². The van der Waals surface area contributed by atoms with Crippen molar-refractivity contribution in [2.24, 2.45) is 0 Å². The maximum Gasteiger partial charge on any atom is 0.222 e. The molecule has 3 nitrogen and oxygen atoms in total. The number of nitrogens with zero attached hydrogens (tertiary/aromatic N) is 1. The lowest BCUT2D eigenvalue weighted by molar-refractivity contribution is -0.132. The summed E-state index contributed by atoms with van der Waals surface area (Å²) in [6, 6.07) is 5.94. The molecule has 114 valence electrons. The molecule has 0 radical (unpaired) electrons. The molecule has 1 amide bonds. The zero-order chi connectivity index (χ0) is 15.2. The van der Waals surface area contributed by atoms with Crippen LogP contribution in [-0.2, 0) is 4.79 Å². The summed E-state index contributed by atoms with van der Waals surface area (Å²) in [7, 11) is 0. The highest BCUT2D eigenvalue weighted by molar-refractivity contribution is 5.96. The minimum absolute atomic E-state index is 0.0312. The van der Waals surface area contributed by atoms with E-state index in [1.807, 2.05) is 4.90 Å². The smallest absolute Gasteiger partial charge is 0.222 e. The predicted octanol–water partition coefficient (Wildman–Crippen LogP) is 3.58. The highest BCUT2D eigenvalue weighted by atomic mass is 19.1. The van der Waals surface area contributed by atoms with Crippen molar-refractivity contribution in [3.63, 3.8) is 0 Å². The molecule has 0 aliphatic carbocycles. The minimum atomic E-state index is -0.346. The molecule has 0 N–H and O–H groups in total. The second-order valence-corrected chi connectivity index (χ2v) is 5.58. The Morgan fingerprint density at radius 3 is 2.62 bits per heavy atom. The van der Waals surface area contributed by atoms with Gasteiger partial charge in [-0.2, -0.15) is 0 Å². The summed E-state index contributed by atoms with van der Waals surface area (Å²) in [6.07, 6.45) is 4.49. The Kier molecular flexibility index (Phi) is 5.48. The summed E-state index contributed by atoms with van der Waals surface area (Å²) in [5.74, 6) is -0.219. The molecule has 1 unspecified atom stereocenters. The Morgan fingerprint density at radius 2 is 1.95 bits per heavy atom. The molecule has 0 saturated carbocycles. The first-order chi connectivity index (χ1) is 10.1. The molecular weight excluding hydrogens is 269 g/mol. The number of likely N-dealkylation sites (tertiary alicyclic amines) is 1. The SMILES string of the molecule is CCC1CCCN1C(=O)CCCC(=O)c1ccc(F)cc1. The van der Waals surface area contributed by atoms with E-state index in [-0.39, 0.29) is 17.5 Å². The van der Waals surface area contributed by atoms with Gasteiger partial charge < -0.3 is 4.90 Å². The van der Waals surface area contributed by atoms with Crippen LogP contribution in [0.25, 0.3) is 0 Å². The van der Waals surface area contributed by atoms with E-state index in [9.17, 15) is 14.0 Å². The van der Waals surface area contributed by atoms with Crippen molar-refractivity contribution < 1.29 is 14.0 Å². The van der Waals surface area contributed by atoms with Crippen molar-refractivity contribution in [2.75, 3.05) is 6.54 Å². The van der Waals surface area contributed by atoms with Crippen molar-refractivity contribution in [1.82, 2.24) is 4.90 Å². The zero-order valence-corrected chi connectivity index (χ0v) is 12.5. The van der Waals surface area contributed by atoms with Gasteiger partial charge in [-0.25, -0.2) is 4.39 Å². The Labute approximate surface area is 125 Å². The van der Waals surface area contributed by atoms with E-state index in [1.54, 1.807) is 0 Å². The van der Waals surface area contributed by atoms with E-state index < -0.39 is 0 Å². The lowest BCUT2D eigenvalue weighted by Gasteiger charge is -2.23. The standard InChI is InChI=1S/C17H22FNO2/c1-2-15-5-4-12-19(15)17(21)7-3-6-16(20)13-8-10-14(18)11-9-13/h8-11,15H,2-7,12H2,1H3. The van der Waals surface area contributed by atoms with Crippen LogP contribution in [0.5, 0.6) is 0 Å². The molecule has 1 fully saturated rings. The highest BCUT2D eigenvalue weighted by Crippen LogP contribution is 2.21. The van der Waals surface area contributed by atoms with E-state index in [1.165, 1.54) is 24.3 Å². The highest BCUT2D eigenvalue weighted by Gasteiger charge is 2.26. The molecule has 21 heavy (non-hydrogen) atoms. The van der Waals surface area contributed by atoms with Crippen LogP contribution in [-0.4, -0.2) is 29.2 Å². The quantitative estimate of drug-likeness (QED) is 0.751. The number of benzene rings is 1. The van der Waals surface area contributed by atoms with Crippen molar-refractivity contribution in [2.45, 2.75) is 51.5 Å². The van der Waals surface area contributed by atoms with Gasteiger partial charge in [0.2, 0.25) is 5.91 Å². The topological polar surface area (TPSA) is 37.4 Å². The number of rotatable bonds is 6. The van der Waals surface area contributed by atoms with Gasteiger partial charge in [0.1, 0.15) is 5.82 Å². The monoisotopic (exact) mass is 291 g/mol. The Balaban J connectivity index is 1.77. The Hall–Kier alpha value is -1.71. The average Bonchev–Trinajstić information content (AvgIpc) is 2.96. The Morgan fingerprint density at radius 1 is 1.24 bits per heavy atom. The van der Waals surface area contributed by atoms with Gasteiger partial charge in [-0.05, 0) is 49.9 Å². The molecule has 0 aromatic heterocycles. The summed E-state index contributed by atoms with van der Waals surface area (Å²) in [4.78, 5) is 26.0. The summed E-state index contributed by atoms with van der Waals surface area (Å²) >= 11 is 0. The number of halogens is 1. The fourth-order valence-corrected chi connectivity index (χ4v) is 2.91. The number of Topliss-reactive ketones (excluding diaryl/α,β-unsaturated/α-hetero) is 1. The molecule has 0 spiro atoms. The number of hydrogen-bond donors (Lipinski definition) is 0. The van der Waals surface area contributed by atoms with Crippen LogP contribution in [0.3, 0.4) is 0 Å². The van der Waals surface area contributed by atoms with Gasteiger partial charge in [0.15, 0.2) is 5.78 Å². The third-order valence-electron chi connectivity index (χ3n) is 4.13. The Bertz CT molecular complexity index is 498. The molecule has 1 aliphatic rings. The number of amides is 1. The molecule has 1 saturated heterocycles. The molecule has 1 heterocycles. The van der Waals surface area contributed by atoms with E-state index >= 15 is 0 Å². The third-order valence-corrected chi connectivity index (χ3v) is 4.13. The maximum atomic E-state index is 12.8. The predicted molar refractivity (Wildman–Crippen MR) is 79.6 cm³/mol. The maximum absolute atomic E-state index is 12.8. The van der Waals surface area contributed by atoms with Crippen LogP contribution < -0.4 is 0 Å². The average molecular weight is 291 g/mol. The number of hydrogen-bond acceptors (Lipinski definition) is 2. The van der Waals surface area contributed by atoms with Crippen molar-refractivity contribution in [3.8, 4) is 0 Å². The third kappa shape index (κ3) is 4.13. The van der Waals surface area contributed by atoms with Crippen LogP contribution >= 0.6 is 0 Å². The second kappa shape index (κ2) is 7.34. The van der Waals surface area contributed by atoms with Gasteiger partial charge in [-0.3, -0.25) is 9.59 Å². The van der Waals surface area contributed by atoms with E-state index in [0.29, 0.717) is 30.9 Å². The molecule has 1 aromatic carbocycles. The minimum Gasteiger partial charge on any atom is -0.340 e. The largest absolute Gasteiger partial charge is 0.340 e. The van der Waals surface area contributed by atoms with Gasteiger partial charge in [0.05, 0.1) is 0 Å². The fourth-order valence-electron chi connectivity index (χ4n) is 2.91. The van der Waals surface area contributed by atoms with Crippen molar-refractivity contribution in [3.05, 3.63) is 35.6 Å². The summed E-state index contributed by atoms with van der Waals surface area (Å²) in [6.45, 7) is 2.96. The molecule has 1 atom stereocenters. The summed E-state index contributed by atoms with van der Waals surface area (Å²) < 4.78 is 12.8. The van der Waals surface area contributed by atoms with Crippen LogP contribution in [0, 0.1) is 5.82 Å². The first-order valence-electron chi connectivity index (χ1n) is 7.70. The molecule has 1 aliphatic heterocycles. The number of ketones is 1. The first kappa shape index (κ1) is 15.7. The van der Waals surface area contributed by atoms with Gasteiger partial charge in [-0.15, -0.1) is 0 Å². The van der Waals surface area contributed by atoms with Gasteiger partial charge in [-0.1, -0.05) is 6.92 Å². The van der Waals surface area contributed by atoms with Crippen LogP contribution in [0.2, 0.25) is 0 Å². The summed E-state index contributed by atoms with van der Waals surface area (Å²) in [5, 5.41) is 0. The van der Waals surface area contributed by atoms with Crippen LogP contribution in [0.1, 0.15) is 55.8 Å². The summed E-state index contributed by atoms with van der Waals surface area (Å²) in [5.41, 5.74) is 0.511. The fraction of sp³-hybridized carbons (Fsp3) is 0.529. The first-order valence-corrected chi connectivity index (χ1v) is 7.70. The molecular formula is C17H22FNO2. The van der Waals surface area contributed by atoms with Crippen molar-refractivity contribution >= 4 is 11.7 Å². The normalized spacial score (nSPS) is 18.0. The van der Waals surface area contributed by atoms with Crippen molar-refractivity contribution in [1.29, 1.82) is 0 Å². The molecule has 1 aromatic rings. The van der Waals surface area contributed by atoms with E-state index in [4.69, 9.17) is 0 Å². The van der Waals surface area contributed by atoms with Gasteiger partial charge >= 0.3 is 0 Å². The lowest BCUT2D eigenvalue weighted by Crippen LogP contribution is -2.34. The molecule has 2 rings (SSSR count). The van der Waals surface area contributed by atoms with Crippen LogP contribution in [0.15, 0.2) is 24.3 Å². The van der Waals surface area contributed by atoms with Gasteiger partial charge in [0.25, 0.3) is 0 Å². The van der Waals surface area contributed by atoms with Crippen LogP contribution in [0.4, 0.5) is 4.39 Å². The molecule has 4 heteroatoms. The zero-order valence-electron chi connectivity index (χ0n) is 12.5. The number of carbonyl (C=O) groups excluding carboxylic acids is 2. The van der Waals surface area contributed by atoms with Gasteiger partial charge in [0, 0.05) is 31.0 Å². The number of carbonyl (C=O) groups is 2. The molecule has 0 bridgehead atoms. The second-order valence-electron chi connectivity index (χ2n) is 5.58. The van der Waals surface area contributed by atoms with E-state index in [0.717, 1.165) is 25.8 Å².